The Morgan fingerprint density at radius 3 is 2.67 bits per heavy atom. The number of rotatable bonds is 0. The Hall–Kier alpha value is -0.780. The third-order valence-electron chi connectivity index (χ3n) is 3.13. The van der Waals surface area contributed by atoms with Crippen molar-refractivity contribution in [1.82, 2.24) is 10.2 Å². The molecule has 2 fully saturated rings. The van der Waals surface area contributed by atoms with Crippen LogP contribution in [0, 0.1) is 5.92 Å². The van der Waals surface area contributed by atoms with Crippen molar-refractivity contribution in [2.75, 3.05) is 19.6 Å². The van der Waals surface area contributed by atoms with Crippen LogP contribution in [0.25, 0.3) is 0 Å². The van der Waals surface area contributed by atoms with Crippen LogP contribution >= 0.6 is 0 Å². The molecule has 2 aliphatic heterocycles. The van der Waals surface area contributed by atoms with Crippen LogP contribution in [-0.4, -0.2) is 42.7 Å². The summed E-state index contributed by atoms with van der Waals surface area (Å²) in [6.07, 6.45) is -2.83. The van der Waals surface area contributed by atoms with Gasteiger partial charge < -0.3 is 10.2 Å². The van der Waals surface area contributed by atoms with E-state index in [1.807, 2.05) is 0 Å². The molecule has 6 heteroatoms. The largest absolute Gasteiger partial charge is 0.471 e. The minimum absolute atomic E-state index is 0.0602. The summed E-state index contributed by atoms with van der Waals surface area (Å²) in [5.74, 6) is -1.50. The van der Waals surface area contributed by atoms with Gasteiger partial charge in [0.2, 0.25) is 0 Å². The molecule has 0 aromatic rings. The van der Waals surface area contributed by atoms with Gasteiger partial charge in [-0.15, -0.1) is 0 Å². The zero-order valence-electron chi connectivity index (χ0n) is 8.18. The first kappa shape index (κ1) is 10.7. The van der Waals surface area contributed by atoms with Gasteiger partial charge in [-0.2, -0.15) is 13.2 Å². The molecule has 1 amide bonds. The maximum atomic E-state index is 12.2. The molecule has 0 spiro atoms. The van der Waals surface area contributed by atoms with Crippen LogP contribution in [0.1, 0.15) is 12.8 Å². The number of amides is 1. The molecule has 2 rings (SSSR count). The van der Waals surface area contributed by atoms with E-state index in [0.29, 0.717) is 0 Å². The van der Waals surface area contributed by atoms with Gasteiger partial charge in [-0.1, -0.05) is 0 Å². The lowest BCUT2D eigenvalue weighted by Crippen LogP contribution is -2.42. The van der Waals surface area contributed by atoms with E-state index < -0.39 is 12.1 Å². The maximum absolute atomic E-state index is 12.2. The fraction of sp³-hybridized carbons (Fsp3) is 0.889. The Kier molecular flexibility index (Phi) is 2.62. The zero-order chi connectivity index (χ0) is 11.1. The van der Waals surface area contributed by atoms with Crippen molar-refractivity contribution in [2.24, 2.45) is 5.92 Å². The molecule has 2 aliphatic rings. The molecular formula is C9H13F3N2O. The van der Waals surface area contributed by atoms with E-state index in [4.69, 9.17) is 0 Å². The van der Waals surface area contributed by atoms with Crippen LogP contribution in [0.15, 0.2) is 0 Å². The number of nitrogens with one attached hydrogen (secondary N) is 1. The lowest BCUT2D eigenvalue weighted by atomic mass is 9.94. The normalized spacial score (nSPS) is 31.5. The Bertz CT molecular complexity index is 253. The standard InChI is InChI=1S/C9H13F3N2O/c10-9(11,12)8(15)14-4-6-2-1-3-13-7(6)5-14/h6-7,13H,1-5H2/t6-,7+/m0/s1. The van der Waals surface area contributed by atoms with Crippen molar-refractivity contribution in [2.45, 2.75) is 25.1 Å². The number of likely N-dealkylation sites (tertiary alicyclic amines) is 1. The molecule has 0 saturated carbocycles. The Balaban J connectivity index is 2.00. The van der Waals surface area contributed by atoms with Gasteiger partial charge in [0.05, 0.1) is 0 Å². The number of hydrogen-bond acceptors (Lipinski definition) is 2. The molecular weight excluding hydrogens is 209 g/mol. The van der Waals surface area contributed by atoms with Gasteiger partial charge >= 0.3 is 12.1 Å². The lowest BCUT2D eigenvalue weighted by molar-refractivity contribution is -0.184. The van der Waals surface area contributed by atoms with Crippen LogP contribution < -0.4 is 5.32 Å². The number of alkyl halides is 3. The number of piperidine rings is 1. The number of nitrogens with zero attached hydrogens (tertiary/aromatic N) is 1. The fourth-order valence-corrected chi connectivity index (χ4v) is 2.39. The summed E-state index contributed by atoms with van der Waals surface area (Å²) in [6.45, 7) is 1.29. The van der Waals surface area contributed by atoms with Crippen molar-refractivity contribution >= 4 is 5.91 Å². The molecule has 86 valence electrons. The Morgan fingerprint density at radius 2 is 2.07 bits per heavy atom. The van der Waals surface area contributed by atoms with E-state index in [1.54, 1.807) is 0 Å². The fourth-order valence-electron chi connectivity index (χ4n) is 2.39. The van der Waals surface area contributed by atoms with Crippen molar-refractivity contribution < 1.29 is 18.0 Å². The molecule has 15 heavy (non-hydrogen) atoms. The maximum Gasteiger partial charge on any atom is 0.471 e. The second kappa shape index (κ2) is 3.66. The van der Waals surface area contributed by atoms with Gasteiger partial charge in [0.15, 0.2) is 0 Å². The summed E-state index contributed by atoms with van der Waals surface area (Å²) in [4.78, 5) is 11.9. The molecule has 0 radical (unpaired) electrons. The predicted octanol–water partition coefficient (Wildman–Crippen LogP) is 0.759. The molecule has 0 unspecified atom stereocenters. The molecule has 0 aliphatic carbocycles. The van der Waals surface area contributed by atoms with Gasteiger partial charge in [0.1, 0.15) is 0 Å². The third kappa shape index (κ3) is 2.09. The highest BCUT2D eigenvalue weighted by atomic mass is 19.4. The number of fused-ring (bicyclic) bond motifs is 1. The summed E-state index contributed by atoms with van der Waals surface area (Å²) in [7, 11) is 0. The number of halogens is 3. The van der Waals surface area contributed by atoms with Crippen LogP contribution in [-0.2, 0) is 4.79 Å². The summed E-state index contributed by atoms with van der Waals surface area (Å²) in [5.41, 5.74) is 0. The lowest BCUT2D eigenvalue weighted by Gasteiger charge is -2.24. The molecule has 2 atom stereocenters. The Labute approximate surface area is 85.6 Å². The molecule has 2 heterocycles. The number of hydrogen-bond donors (Lipinski definition) is 1. The smallest absolute Gasteiger partial charge is 0.333 e. The molecule has 0 aromatic carbocycles. The van der Waals surface area contributed by atoms with Crippen molar-refractivity contribution in [1.29, 1.82) is 0 Å². The highest BCUT2D eigenvalue weighted by molar-refractivity contribution is 5.82. The SMILES string of the molecule is O=C(N1C[C@@H]2CCCN[C@@H]2C1)C(F)(F)F. The molecule has 2 saturated heterocycles. The van der Waals surface area contributed by atoms with Crippen LogP contribution in [0.5, 0.6) is 0 Å². The topological polar surface area (TPSA) is 32.3 Å². The van der Waals surface area contributed by atoms with E-state index in [0.717, 1.165) is 24.3 Å². The average molecular weight is 222 g/mol. The van der Waals surface area contributed by atoms with Crippen LogP contribution in [0.3, 0.4) is 0 Å². The minimum atomic E-state index is -4.73. The first-order chi connectivity index (χ1) is 6.98. The van der Waals surface area contributed by atoms with Gasteiger partial charge in [-0.3, -0.25) is 4.79 Å². The summed E-state index contributed by atoms with van der Waals surface area (Å²) >= 11 is 0. The number of carbonyl (C=O) groups excluding carboxylic acids is 1. The van der Waals surface area contributed by atoms with Gasteiger partial charge in [-0.05, 0) is 25.3 Å². The van der Waals surface area contributed by atoms with Crippen LogP contribution in [0.4, 0.5) is 13.2 Å². The second-order valence-electron chi connectivity index (χ2n) is 4.17. The first-order valence-electron chi connectivity index (χ1n) is 5.08. The Morgan fingerprint density at radius 1 is 1.33 bits per heavy atom. The van der Waals surface area contributed by atoms with Crippen molar-refractivity contribution in [3.05, 3.63) is 0 Å². The minimum Gasteiger partial charge on any atom is -0.333 e. The quantitative estimate of drug-likeness (QED) is 0.656. The second-order valence-corrected chi connectivity index (χ2v) is 4.17. The first-order valence-corrected chi connectivity index (χ1v) is 5.08. The molecule has 0 aromatic heterocycles. The number of carbonyl (C=O) groups is 1. The summed E-state index contributed by atoms with van der Waals surface area (Å²) < 4.78 is 36.5. The van der Waals surface area contributed by atoms with E-state index in [2.05, 4.69) is 5.32 Å². The van der Waals surface area contributed by atoms with Crippen molar-refractivity contribution in [3.63, 3.8) is 0 Å². The average Bonchev–Trinajstić information content (AvgIpc) is 2.58. The van der Waals surface area contributed by atoms with Crippen LogP contribution in [0.2, 0.25) is 0 Å². The summed E-state index contributed by atoms with van der Waals surface area (Å²) in [6, 6.07) is 0.0602. The van der Waals surface area contributed by atoms with Gasteiger partial charge in [-0.25, -0.2) is 0 Å². The van der Waals surface area contributed by atoms with Gasteiger partial charge in [0.25, 0.3) is 0 Å². The predicted molar refractivity (Wildman–Crippen MR) is 47.1 cm³/mol. The van der Waals surface area contributed by atoms with Gasteiger partial charge in [0, 0.05) is 19.1 Å². The monoisotopic (exact) mass is 222 g/mol. The molecule has 3 nitrogen and oxygen atoms in total. The summed E-state index contributed by atoms with van der Waals surface area (Å²) in [5, 5.41) is 3.16. The molecule has 0 bridgehead atoms. The zero-order valence-corrected chi connectivity index (χ0v) is 8.18. The highest BCUT2D eigenvalue weighted by Gasteiger charge is 2.47. The third-order valence-corrected chi connectivity index (χ3v) is 3.13. The van der Waals surface area contributed by atoms with E-state index in [-0.39, 0.29) is 25.0 Å². The van der Waals surface area contributed by atoms with E-state index in [1.165, 1.54) is 0 Å². The molecule has 1 N–H and O–H groups in total. The van der Waals surface area contributed by atoms with E-state index >= 15 is 0 Å². The van der Waals surface area contributed by atoms with Crippen molar-refractivity contribution in [3.8, 4) is 0 Å². The van der Waals surface area contributed by atoms with E-state index in [9.17, 15) is 18.0 Å². The highest BCUT2D eigenvalue weighted by Crippen LogP contribution is 2.28.